The molecule has 110 valence electrons. The zero-order valence-corrected chi connectivity index (χ0v) is 11.7. The van der Waals surface area contributed by atoms with Gasteiger partial charge in [0.25, 0.3) is 0 Å². The third-order valence-corrected chi connectivity index (χ3v) is 3.93. The van der Waals surface area contributed by atoms with Crippen LogP contribution in [0.4, 0.5) is 5.82 Å². The van der Waals surface area contributed by atoms with Crippen molar-refractivity contribution in [2.75, 3.05) is 11.9 Å². The van der Waals surface area contributed by atoms with Crippen LogP contribution in [0.5, 0.6) is 0 Å². The van der Waals surface area contributed by atoms with E-state index in [1.165, 1.54) is 6.33 Å². The highest BCUT2D eigenvalue weighted by molar-refractivity contribution is 5.40. The molecule has 0 bridgehead atoms. The van der Waals surface area contributed by atoms with Crippen LogP contribution in [0, 0.1) is 0 Å². The molecule has 1 fully saturated rings. The summed E-state index contributed by atoms with van der Waals surface area (Å²) in [6.45, 7) is -0.00844. The largest absolute Gasteiger partial charge is 0.394 e. The lowest BCUT2D eigenvalue weighted by Gasteiger charge is -2.30. The van der Waals surface area contributed by atoms with Crippen LogP contribution in [0.25, 0.3) is 0 Å². The third kappa shape index (κ3) is 3.20. The van der Waals surface area contributed by atoms with Gasteiger partial charge in [0.15, 0.2) is 0 Å². The molecule has 1 aliphatic rings. The number of rotatable bonds is 5. The van der Waals surface area contributed by atoms with Gasteiger partial charge in [0, 0.05) is 17.7 Å². The standard InChI is InChI=1S/C16H19N3O2/c20-9-15(11-4-2-1-3-5-11)19-16-8-14(17-10-18-16)12-6-13(21)7-12/h1-5,8,10,12-13,15,20-21H,6-7,9H2,(H,17,18,19)/t12?,13?,15-/m1/s1. The number of aliphatic hydroxyl groups excluding tert-OH is 2. The molecule has 3 rings (SSSR count). The maximum atomic E-state index is 9.57. The quantitative estimate of drug-likeness (QED) is 0.781. The Morgan fingerprint density at radius 1 is 1.19 bits per heavy atom. The first-order valence-corrected chi connectivity index (χ1v) is 7.18. The Morgan fingerprint density at radius 3 is 2.62 bits per heavy atom. The second kappa shape index (κ2) is 6.20. The van der Waals surface area contributed by atoms with E-state index in [0.717, 1.165) is 24.1 Å². The fraction of sp³-hybridized carbons (Fsp3) is 0.375. The molecule has 2 aromatic rings. The molecule has 1 heterocycles. The molecule has 0 radical (unpaired) electrons. The fourth-order valence-electron chi connectivity index (χ4n) is 2.60. The normalized spacial score (nSPS) is 22.4. The molecule has 1 aromatic heterocycles. The summed E-state index contributed by atoms with van der Waals surface area (Å²) in [5, 5.41) is 22.2. The van der Waals surface area contributed by atoms with Gasteiger partial charge in [-0.25, -0.2) is 9.97 Å². The summed E-state index contributed by atoms with van der Waals surface area (Å²) in [7, 11) is 0. The second-order valence-electron chi connectivity index (χ2n) is 5.44. The molecular weight excluding hydrogens is 266 g/mol. The Labute approximate surface area is 123 Å². The summed E-state index contributed by atoms with van der Waals surface area (Å²) in [6, 6.07) is 11.5. The zero-order valence-electron chi connectivity index (χ0n) is 11.7. The van der Waals surface area contributed by atoms with Crippen molar-refractivity contribution in [1.29, 1.82) is 0 Å². The number of aromatic nitrogens is 2. The van der Waals surface area contributed by atoms with E-state index < -0.39 is 0 Å². The van der Waals surface area contributed by atoms with Gasteiger partial charge in [-0.05, 0) is 18.4 Å². The van der Waals surface area contributed by atoms with Crippen LogP contribution in [0.3, 0.4) is 0 Å². The van der Waals surface area contributed by atoms with E-state index in [2.05, 4.69) is 15.3 Å². The van der Waals surface area contributed by atoms with Gasteiger partial charge in [-0.3, -0.25) is 0 Å². The third-order valence-electron chi connectivity index (χ3n) is 3.93. The Hall–Kier alpha value is -1.98. The predicted molar refractivity (Wildman–Crippen MR) is 79.9 cm³/mol. The molecule has 1 atom stereocenters. The van der Waals surface area contributed by atoms with E-state index in [4.69, 9.17) is 0 Å². The summed E-state index contributed by atoms with van der Waals surface area (Å²) in [5.74, 6) is 1.01. The Morgan fingerprint density at radius 2 is 1.95 bits per heavy atom. The molecule has 21 heavy (non-hydrogen) atoms. The number of nitrogens with zero attached hydrogens (tertiary/aromatic N) is 2. The molecule has 0 unspecified atom stereocenters. The molecule has 1 aliphatic carbocycles. The lowest BCUT2D eigenvalue weighted by atomic mass is 9.80. The van der Waals surface area contributed by atoms with Gasteiger partial charge < -0.3 is 15.5 Å². The molecule has 0 spiro atoms. The van der Waals surface area contributed by atoms with E-state index in [-0.39, 0.29) is 18.8 Å². The lowest BCUT2D eigenvalue weighted by Crippen LogP contribution is -2.27. The van der Waals surface area contributed by atoms with Crippen LogP contribution >= 0.6 is 0 Å². The minimum atomic E-state index is -0.198. The molecule has 5 heteroatoms. The van der Waals surface area contributed by atoms with Crippen molar-refractivity contribution in [2.24, 2.45) is 0 Å². The van der Waals surface area contributed by atoms with Gasteiger partial charge in [0.1, 0.15) is 12.1 Å². The molecule has 0 saturated heterocycles. The van der Waals surface area contributed by atoms with Crippen molar-refractivity contribution in [3.05, 3.63) is 54.0 Å². The van der Waals surface area contributed by atoms with Crippen LogP contribution in [-0.2, 0) is 0 Å². The van der Waals surface area contributed by atoms with Crippen molar-refractivity contribution >= 4 is 5.82 Å². The average Bonchev–Trinajstić information content (AvgIpc) is 2.50. The molecule has 1 saturated carbocycles. The van der Waals surface area contributed by atoms with Crippen molar-refractivity contribution in [3.8, 4) is 0 Å². The van der Waals surface area contributed by atoms with Crippen molar-refractivity contribution < 1.29 is 10.2 Å². The van der Waals surface area contributed by atoms with Gasteiger partial charge in [-0.15, -0.1) is 0 Å². The predicted octanol–water partition coefficient (Wildman–Crippen LogP) is 1.86. The first-order chi connectivity index (χ1) is 10.3. The number of nitrogens with one attached hydrogen (secondary N) is 1. The summed E-state index contributed by atoms with van der Waals surface area (Å²) >= 11 is 0. The van der Waals surface area contributed by atoms with Crippen LogP contribution in [0.2, 0.25) is 0 Å². The van der Waals surface area contributed by atoms with E-state index in [0.29, 0.717) is 11.7 Å². The van der Waals surface area contributed by atoms with E-state index in [9.17, 15) is 10.2 Å². The zero-order chi connectivity index (χ0) is 14.7. The number of hydrogen-bond donors (Lipinski definition) is 3. The summed E-state index contributed by atoms with van der Waals surface area (Å²) < 4.78 is 0. The Kier molecular flexibility index (Phi) is 4.13. The van der Waals surface area contributed by atoms with Crippen LogP contribution in [-0.4, -0.2) is 32.9 Å². The molecule has 3 N–H and O–H groups in total. The van der Waals surface area contributed by atoms with E-state index in [1.807, 2.05) is 36.4 Å². The smallest absolute Gasteiger partial charge is 0.130 e. The highest BCUT2D eigenvalue weighted by atomic mass is 16.3. The van der Waals surface area contributed by atoms with Gasteiger partial charge in [-0.2, -0.15) is 0 Å². The molecule has 1 aromatic carbocycles. The minimum absolute atomic E-state index is 0.00844. The number of anilines is 1. The van der Waals surface area contributed by atoms with Crippen molar-refractivity contribution in [3.63, 3.8) is 0 Å². The van der Waals surface area contributed by atoms with Crippen LogP contribution < -0.4 is 5.32 Å². The number of aliphatic hydroxyl groups is 2. The van der Waals surface area contributed by atoms with Crippen molar-refractivity contribution in [2.45, 2.75) is 30.9 Å². The van der Waals surface area contributed by atoms with Crippen molar-refractivity contribution in [1.82, 2.24) is 9.97 Å². The Bertz CT molecular complexity index is 585. The molecule has 0 aliphatic heterocycles. The van der Waals surface area contributed by atoms with Crippen LogP contribution in [0.1, 0.15) is 36.1 Å². The van der Waals surface area contributed by atoms with Gasteiger partial charge in [0.2, 0.25) is 0 Å². The maximum Gasteiger partial charge on any atom is 0.130 e. The number of benzene rings is 1. The van der Waals surface area contributed by atoms with E-state index >= 15 is 0 Å². The summed E-state index contributed by atoms with van der Waals surface area (Å²) in [5.41, 5.74) is 1.96. The van der Waals surface area contributed by atoms with Gasteiger partial charge in [-0.1, -0.05) is 30.3 Å². The average molecular weight is 285 g/mol. The minimum Gasteiger partial charge on any atom is -0.394 e. The first-order valence-electron chi connectivity index (χ1n) is 7.18. The SMILES string of the molecule is OC[C@@H](Nc1cc(C2CC(O)C2)ncn1)c1ccccc1. The van der Waals surface area contributed by atoms with Gasteiger partial charge in [0.05, 0.1) is 18.8 Å². The number of hydrogen-bond acceptors (Lipinski definition) is 5. The summed E-state index contributed by atoms with van der Waals surface area (Å²) in [4.78, 5) is 8.49. The molecular formula is C16H19N3O2. The second-order valence-corrected chi connectivity index (χ2v) is 5.44. The topological polar surface area (TPSA) is 78.3 Å². The van der Waals surface area contributed by atoms with E-state index in [1.54, 1.807) is 0 Å². The summed E-state index contributed by atoms with van der Waals surface area (Å²) in [6.07, 6.45) is 2.86. The highest BCUT2D eigenvalue weighted by Gasteiger charge is 2.29. The fourth-order valence-corrected chi connectivity index (χ4v) is 2.60. The molecule has 0 amide bonds. The molecule has 5 nitrogen and oxygen atoms in total. The lowest BCUT2D eigenvalue weighted by molar-refractivity contribution is 0.0732. The van der Waals surface area contributed by atoms with Crippen LogP contribution in [0.15, 0.2) is 42.7 Å². The Balaban J connectivity index is 1.73. The van der Waals surface area contributed by atoms with Gasteiger partial charge >= 0.3 is 0 Å². The monoisotopic (exact) mass is 285 g/mol. The maximum absolute atomic E-state index is 9.57. The first kappa shape index (κ1) is 14.0. The highest BCUT2D eigenvalue weighted by Crippen LogP contribution is 2.36.